The molecule has 0 aromatic carbocycles. The number of piperidine rings is 1. The van der Waals surface area contributed by atoms with Gasteiger partial charge in [0, 0.05) is 19.1 Å². The second-order valence-electron chi connectivity index (χ2n) is 9.93. The van der Waals surface area contributed by atoms with Crippen LogP contribution in [-0.4, -0.2) is 89.2 Å². The van der Waals surface area contributed by atoms with Gasteiger partial charge in [0.25, 0.3) is 0 Å². The number of hydrogen-bond donors (Lipinski definition) is 3. The van der Waals surface area contributed by atoms with Gasteiger partial charge in [-0.3, -0.25) is 14.9 Å². The number of fused-ring (bicyclic) bond motifs is 1. The normalized spacial score (nSPS) is 28.8. The second-order valence-corrected chi connectivity index (χ2v) is 11.9. The minimum absolute atomic E-state index is 0.0653. The van der Waals surface area contributed by atoms with E-state index in [1.54, 1.807) is 6.92 Å². The minimum atomic E-state index is -3.47. The van der Waals surface area contributed by atoms with Crippen LogP contribution in [0.5, 0.6) is 0 Å². The largest absolute Gasteiger partial charge is 0.480 e. The van der Waals surface area contributed by atoms with Gasteiger partial charge in [0.2, 0.25) is 15.9 Å². The molecule has 3 N–H and O–H groups in total. The van der Waals surface area contributed by atoms with E-state index >= 15 is 0 Å². The summed E-state index contributed by atoms with van der Waals surface area (Å²) in [5, 5.41) is 22.4. The molecule has 1 saturated carbocycles. The van der Waals surface area contributed by atoms with Gasteiger partial charge in [0.15, 0.2) is 0 Å². The van der Waals surface area contributed by atoms with E-state index in [2.05, 4.69) is 5.32 Å². The lowest BCUT2D eigenvalue weighted by atomic mass is 9.85. The SMILES string of the molecule is C[C@H](NC(CCC1CCCCC1)C(=O)O)C(=O)N1C(C(=O)O)CC2CCN(S(C)(=O)=O)CC21. The zero-order valence-electron chi connectivity index (χ0n) is 19.5. The smallest absolute Gasteiger partial charge is 0.326 e. The zero-order chi connectivity index (χ0) is 24.3. The van der Waals surface area contributed by atoms with E-state index in [1.165, 1.54) is 28.5 Å². The molecular formula is C22H37N3O7S. The van der Waals surface area contributed by atoms with Gasteiger partial charge in [0.1, 0.15) is 12.1 Å². The Morgan fingerprint density at radius 1 is 1.09 bits per heavy atom. The Labute approximate surface area is 195 Å². The summed E-state index contributed by atoms with van der Waals surface area (Å²) < 4.78 is 25.4. The number of carbonyl (C=O) groups excluding carboxylic acids is 1. The third-order valence-electron chi connectivity index (χ3n) is 7.62. The Morgan fingerprint density at radius 3 is 2.33 bits per heavy atom. The molecule has 1 amide bonds. The van der Waals surface area contributed by atoms with E-state index in [-0.39, 0.29) is 18.9 Å². The van der Waals surface area contributed by atoms with Gasteiger partial charge in [-0.15, -0.1) is 0 Å². The quantitative estimate of drug-likeness (QED) is 0.439. The highest BCUT2D eigenvalue weighted by Gasteiger charge is 2.50. The number of amides is 1. The maximum atomic E-state index is 13.4. The van der Waals surface area contributed by atoms with E-state index in [9.17, 15) is 33.0 Å². The van der Waals surface area contributed by atoms with Gasteiger partial charge in [-0.25, -0.2) is 17.5 Å². The van der Waals surface area contributed by atoms with E-state index in [4.69, 9.17) is 0 Å². The molecule has 3 aliphatic rings. The van der Waals surface area contributed by atoms with Crippen molar-refractivity contribution in [1.29, 1.82) is 0 Å². The van der Waals surface area contributed by atoms with Crippen molar-refractivity contribution >= 4 is 27.9 Å². The van der Waals surface area contributed by atoms with E-state index in [1.807, 2.05) is 0 Å². The lowest BCUT2D eigenvalue weighted by Gasteiger charge is -2.39. The van der Waals surface area contributed by atoms with Gasteiger partial charge in [-0.1, -0.05) is 32.1 Å². The first-order chi connectivity index (χ1) is 15.5. The van der Waals surface area contributed by atoms with Crippen LogP contribution >= 0.6 is 0 Å². The van der Waals surface area contributed by atoms with Crippen molar-refractivity contribution in [2.45, 2.75) is 88.9 Å². The second kappa shape index (κ2) is 10.7. The molecule has 0 spiro atoms. The van der Waals surface area contributed by atoms with E-state index < -0.39 is 52.0 Å². The summed E-state index contributed by atoms with van der Waals surface area (Å²) in [6, 6.07) is -3.36. The third-order valence-corrected chi connectivity index (χ3v) is 8.89. The van der Waals surface area contributed by atoms with Crippen molar-refractivity contribution in [2.24, 2.45) is 11.8 Å². The van der Waals surface area contributed by atoms with Crippen LogP contribution in [-0.2, 0) is 24.4 Å². The van der Waals surface area contributed by atoms with Crippen LogP contribution in [0.4, 0.5) is 0 Å². The third kappa shape index (κ3) is 6.24. The average molecular weight is 488 g/mol. The fraction of sp³-hybridized carbons (Fsp3) is 0.864. The fourth-order valence-electron chi connectivity index (χ4n) is 5.76. The van der Waals surface area contributed by atoms with Gasteiger partial charge < -0.3 is 15.1 Å². The molecule has 4 unspecified atom stereocenters. The molecule has 2 saturated heterocycles. The van der Waals surface area contributed by atoms with Crippen molar-refractivity contribution in [3.63, 3.8) is 0 Å². The molecule has 11 heteroatoms. The first-order valence-corrected chi connectivity index (χ1v) is 13.8. The first-order valence-electron chi connectivity index (χ1n) is 12.0. The van der Waals surface area contributed by atoms with Crippen molar-refractivity contribution in [2.75, 3.05) is 19.3 Å². The summed E-state index contributed by atoms with van der Waals surface area (Å²) >= 11 is 0. The predicted molar refractivity (Wildman–Crippen MR) is 121 cm³/mol. The molecule has 3 rings (SSSR count). The molecule has 0 aromatic heterocycles. The molecule has 5 atom stereocenters. The number of hydrogen-bond acceptors (Lipinski definition) is 6. The summed E-state index contributed by atoms with van der Waals surface area (Å²) in [5.74, 6) is -2.23. The highest BCUT2D eigenvalue weighted by Crippen LogP contribution is 2.37. The van der Waals surface area contributed by atoms with Crippen LogP contribution in [0, 0.1) is 11.8 Å². The monoisotopic (exact) mass is 487 g/mol. The molecule has 2 aliphatic heterocycles. The van der Waals surface area contributed by atoms with Gasteiger partial charge in [-0.05, 0) is 44.4 Å². The highest BCUT2D eigenvalue weighted by atomic mass is 32.2. The zero-order valence-corrected chi connectivity index (χ0v) is 20.3. The van der Waals surface area contributed by atoms with Crippen LogP contribution < -0.4 is 5.32 Å². The average Bonchev–Trinajstić information content (AvgIpc) is 3.15. The predicted octanol–water partition coefficient (Wildman–Crippen LogP) is 1.11. The summed E-state index contributed by atoms with van der Waals surface area (Å²) in [7, 11) is -3.47. The number of nitrogens with one attached hydrogen (secondary N) is 1. The Balaban J connectivity index is 1.69. The van der Waals surface area contributed by atoms with Gasteiger partial charge >= 0.3 is 11.9 Å². The van der Waals surface area contributed by atoms with Gasteiger partial charge in [-0.2, -0.15) is 0 Å². The first kappa shape index (κ1) is 25.9. The minimum Gasteiger partial charge on any atom is -0.480 e. The molecule has 33 heavy (non-hydrogen) atoms. The number of rotatable bonds is 9. The molecule has 2 heterocycles. The van der Waals surface area contributed by atoms with Crippen LogP contribution in [0.25, 0.3) is 0 Å². The molecule has 188 valence electrons. The molecular weight excluding hydrogens is 450 g/mol. The standard InChI is InChI=1S/C22H37N3O7S/c1-14(23-17(21(27)28)9-8-15-6-4-3-5-7-15)20(26)25-18(22(29)30)12-16-10-11-24(13-19(16)25)33(2,31)32/h14-19,23H,3-13H2,1-2H3,(H,27,28)(H,29,30)/t14-,16?,17?,18?,19?/m0/s1. The lowest BCUT2D eigenvalue weighted by molar-refractivity contribution is -0.151. The molecule has 0 radical (unpaired) electrons. The van der Waals surface area contributed by atoms with Crippen LogP contribution in [0.15, 0.2) is 0 Å². The maximum absolute atomic E-state index is 13.4. The number of nitrogens with zero attached hydrogens (tertiary/aromatic N) is 2. The number of carboxylic acid groups (broad SMARTS) is 2. The summed E-state index contributed by atoms with van der Waals surface area (Å²) in [6.07, 6.45) is 8.84. The lowest BCUT2D eigenvalue weighted by Crippen LogP contribution is -2.58. The van der Waals surface area contributed by atoms with Crippen LogP contribution in [0.2, 0.25) is 0 Å². The summed E-state index contributed by atoms with van der Waals surface area (Å²) in [5.41, 5.74) is 0. The molecule has 10 nitrogen and oxygen atoms in total. The van der Waals surface area contributed by atoms with Gasteiger partial charge in [0.05, 0.1) is 12.3 Å². The van der Waals surface area contributed by atoms with Crippen LogP contribution in [0.3, 0.4) is 0 Å². The Bertz CT molecular complexity index is 843. The maximum Gasteiger partial charge on any atom is 0.326 e. The van der Waals surface area contributed by atoms with Crippen molar-refractivity contribution in [3.05, 3.63) is 0 Å². The molecule has 3 fully saturated rings. The Morgan fingerprint density at radius 2 is 1.76 bits per heavy atom. The number of likely N-dealkylation sites (tertiary alicyclic amines) is 1. The van der Waals surface area contributed by atoms with E-state index in [0.717, 1.165) is 25.5 Å². The topological polar surface area (TPSA) is 144 Å². The fourth-order valence-corrected chi connectivity index (χ4v) is 6.62. The number of carbonyl (C=O) groups is 3. The number of carboxylic acids is 2. The molecule has 0 aromatic rings. The van der Waals surface area contributed by atoms with Crippen LogP contribution in [0.1, 0.15) is 64.7 Å². The van der Waals surface area contributed by atoms with Crippen molar-refractivity contribution in [3.8, 4) is 0 Å². The summed E-state index contributed by atoms with van der Waals surface area (Å²) in [4.78, 5) is 38.4. The van der Waals surface area contributed by atoms with Crippen molar-refractivity contribution < 1.29 is 33.0 Å². The highest BCUT2D eigenvalue weighted by molar-refractivity contribution is 7.88. The Kier molecular flexibility index (Phi) is 8.39. The molecule has 1 aliphatic carbocycles. The Hall–Kier alpha value is -1.72. The van der Waals surface area contributed by atoms with Crippen molar-refractivity contribution in [1.82, 2.24) is 14.5 Å². The summed E-state index contributed by atoms with van der Waals surface area (Å²) in [6.45, 7) is 1.93. The number of sulfonamides is 1. The number of aliphatic carboxylic acids is 2. The van der Waals surface area contributed by atoms with E-state index in [0.29, 0.717) is 25.3 Å². The molecule has 0 bridgehead atoms.